The molecule has 18 heavy (non-hydrogen) atoms. The summed E-state index contributed by atoms with van der Waals surface area (Å²) in [6, 6.07) is 0. The number of hydrogen-bond acceptors (Lipinski definition) is 4. The number of thiophene rings is 1. The number of halogens is 1. The summed E-state index contributed by atoms with van der Waals surface area (Å²) in [6.45, 7) is 2.21. The molecule has 0 unspecified atom stereocenters. The topological polar surface area (TPSA) is 72.9 Å². The molecule has 0 saturated heterocycles. The van der Waals surface area contributed by atoms with Gasteiger partial charge in [-0.3, -0.25) is 9.48 Å². The maximum Gasteiger partial charge on any atom is 0.263 e. The third-order valence-corrected chi connectivity index (χ3v) is 4.30. The minimum atomic E-state index is -0.193. The maximum atomic E-state index is 11.9. The van der Waals surface area contributed by atoms with E-state index >= 15 is 0 Å². The van der Waals surface area contributed by atoms with E-state index in [9.17, 15) is 4.79 Å². The summed E-state index contributed by atoms with van der Waals surface area (Å²) in [5.41, 5.74) is 7.48. The van der Waals surface area contributed by atoms with Gasteiger partial charge in [0, 0.05) is 19.2 Å². The van der Waals surface area contributed by atoms with Crippen LogP contribution in [0.4, 0.5) is 5.82 Å². The van der Waals surface area contributed by atoms with Gasteiger partial charge in [0.1, 0.15) is 10.7 Å². The lowest BCUT2D eigenvalue weighted by atomic mass is 10.3. The lowest BCUT2D eigenvalue weighted by molar-refractivity contribution is 0.0955. The summed E-state index contributed by atoms with van der Waals surface area (Å²) >= 11 is 7.36. The van der Waals surface area contributed by atoms with Crippen molar-refractivity contribution in [2.75, 3.05) is 5.73 Å². The molecular formula is C11H13ClN4OS. The molecule has 0 bridgehead atoms. The van der Waals surface area contributed by atoms with E-state index in [1.807, 2.05) is 12.3 Å². The van der Waals surface area contributed by atoms with Crippen molar-refractivity contribution < 1.29 is 4.79 Å². The van der Waals surface area contributed by atoms with Crippen LogP contribution in [0.15, 0.2) is 11.6 Å². The number of carbonyl (C=O) groups excluding carboxylic acids is 1. The van der Waals surface area contributed by atoms with Crippen LogP contribution in [0.5, 0.6) is 0 Å². The lowest BCUT2D eigenvalue weighted by Crippen LogP contribution is -2.22. The normalized spacial score (nSPS) is 10.6. The fourth-order valence-electron chi connectivity index (χ4n) is 1.47. The number of nitrogens with two attached hydrogens (primary N) is 1. The Hall–Kier alpha value is -1.53. The van der Waals surface area contributed by atoms with Crippen molar-refractivity contribution in [2.24, 2.45) is 7.05 Å². The summed E-state index contributed by atoms with van der Waals surface area (Å²) in [5, 5.41) is 9.15. The van der Waals surface area contributed by atoms with Crippen LogP contribution in [0.3, 0.4) is 0 Å². The number of amides is 1. The van der Waals surface area contributed by atoms with Crippen molar-refractivity contribution in [3.63, 3.8) is 0 Å². The van der Waals surface area contributed by atoms with Gasteiger partial charge in [0.05, 0.1) is 11.2 Å². The number of hydrogen-bond donors (Lipinski definition) is 2. The summed E-state index contributed by atoms with van der Waals surface area (Å²) in [4.78, 5) is 12.4. The second kappa shape index (κ2) is 4.99. The van der Waals surface area contributed by atoms with Crippen molar-refractivity contribution in [2.45, 2.75) is 13.5 Å². The zero-order valence-corrected chi connectivity index (χ0v) is 11.6. The standard InChI is InChI=1S/C11H13ClN4OS/c1-6-5-18-9(8(6)12)11(17)14-3-7-4-15-16(2)10(7)13/h4-5H,3,13H2,1-2H3,(H,14,17). The van der Waals surface area contributed by atoms with Gasteiger partial charge in [0.2, 0.25) is 0 Å². The Bertz CT molecular complexity index is 590. The lowest BCUT2D eigenvalue weighted by Gasteiger charge is -2.03. The van der Waals surface area contributed by atoms with Crippen LogP contribution in [-0.2, 0) is 13.6 Å². The SMILES string of the molecule is Cc1csc(C(=O)NCc2cnn(C)c2N)c1Cl. The summed E-state index contributed by atoms with van der Waals surface area (Å²) in [5.74, 6) is 0.352. The van der Waals surface area contributed by atoms with Crippen LogP contribution in [0.25, 0.3) is 0 Å². The van der Waals surface area contributed by atoms with Gasteiger partial charge in [0.15, 0.2) is 0 Å². The van der Waals surface area contributed by atoms with Gasteiger partial charge in [-0.25, -0.2) is 0 Å². The minimum Gasteiger partial charge on any atom is -0.384 e. The monoisotopic (exact) mass is 284 g/mol. The second-order valence-electron chi connectivity index (χ2n) is 3.92. The van der Waals surface area contributed by atoms with E-state index in [4.69, 9.17) is 17.3 Å². The zero-order valence-electron chi connectivity index (χ0n) is 10.0. The molecule has 3 N–H and O–H groups in total. The highest BCUT2D eigenvalue weighted by Gasteiger charge is 2.15. The first-order valence-corrected chi connectivity index (χ1v) is 6.54. The Balaban J connectivity index is 2.05. The molecule has 2 aromatic rings. The van der Waals surface area contributed by atoms with Crippen LogP contribution < -0.4 is 11.1 Å². The van der Waals surface area contributed by atoms with Crippen LogP contribution in [0, 0.1) is 6.92 Å². The van der Waals surface area contributed by atoms with Crippen LogP contribution in [0.1, 0.15) is 20.8 Å². The smallest absolute Gasteiger partial charge is 0.263 e. The number of nitrogens with one attached hydrogen (secondary N) is 1. The number of rotatable bonds is 3. The van der Waals surface area contributed by atoms with Crippen molar-refractivity contribution in [3.8, 4) is 0 Å². The van der Waals surface area contributed by atoms with E-state index in [0.717, 1.165) is 11.1 Å². The summed E-state index contributed by atoms with van der Waals surface area (Å²) in [6.07, 6.45) is 1.64. The highest BCUT2D eigenvalue weighted by molar-refractivity contribution is 7.13. The molecule has 0 aromatic carbocycles. The van der Waals surface area contributed by atoms with Crippen LogP contribution >= 0.6 is 22.9 Å². The molecule has 2 heterocycles. The summed E-state index contributed by atoms with van der Waals surface area (Å²) in [7, 11) is 1.75. The first-order valence-electron chi connectivity index (χ1n) is 5.29. The van der Waals surface area contributed by atoms with E-state index in [2.05, 4.69) is 10.4 Å². The Morgan fingerprint density at radius 3 is 2.89 bits per heavy atom. The molecule has 0 saturated carbocycles. The molecule has 2 rings (SSSR count). The maximum absolute atomic E-state index is 11.9. The number of aryl methyl sites for hydroxylation is 2. The molecule has 0 aliphatic heterocycles. The Kier molecular flexibility index (Phi) is 3.58. The van der Waals surface area contributed by atoms with Crippen molar-refractivity contribution in [3.05, 3.63) is 32.6 Å². The molecule has 0 fully saturated rings. The molecule has 5 nitrogen and oxygen atoms in total. The van der Waals surface area contributed by atoms with Gasteiger partial charge >= 0.3 is 0 Å². The second-order valence-corrected chi connectivity index (χ2v) is 5.18. The number of carbonyl (C=O) groups is 1. The predicted molar refractivity (Wildman–Crippen MR) is 72.9 cm³/mol. The average Bonchev–Trinajstić information content (AvgIpc) is 2.83. The third kappa shape index (κ3) is 2.34. The highest BCUT2D eigenvalue weighted by Crippen LogP contribution is 2.26. The fraction of sp³-hybridized carbons (Fsp3) is 0.273. The molecule has 96 valence electrons. The van der Waals surface area contributed by atoms with Crippen molar-refractivity contribution in [1.82, 2.24) is 15.1 Å². The predicted octanol–water partition coefficient (Wildman–Crippen LogP) is 1.96. The van der Waals surface area contributed by atoms with Gasteiger partial charge in [0.25, 0.3) is 5.91 Å². The first kappa shape index (κ1) is 12.9. The van der Waals surface area contributed by atoms with E-state index in [1.54, 1.807) is 17.9 Å². The van der Waals surface area contributed by atoms with E-state index in [0.29, 0.717) is 22.3 Å². The summed E-state index contributed by atoms with van der Waals surface area (Å²) < 4.78 is 1.56. The first-order chi connectivity index (χ1) is 8.50. The quantitative estimate of drug-likeness (QED) is 0.905. The number of aromatic nitrogens is 2. The Labute approximate surface area is 114 Å². The molecule has 0 aliphatic rings. The van der Waals surface area contributed by atoms with Crippen molar-refractivity contribution >= 4 is 34.7 Å². The zero-order chi connectivity index (χ0) is 13.3. The van der Waals surface area contributed by atoms with E-state index < -0.39 is 0 Å². The number of anilines is 1. The molecule has 0 radical (unpaired) electrons. The molecule has 0 spiro atoms. The molecule has 1 amide bonds. The van der Waals surface area contributed by atoms with Gasteiger partial charge in [-0.1, -0.05) is 11.6 Å². The van der Waals surface area contributed by atoms with Crippen LogP contribution in [0.2, 0.25) is 5.02 Å². The molecular weight excluding hydrogens is 272 g/mol. The minimum absolute atomic E-state index is 0.193. The van der Waals surface area contributed by atoms with E-state index in [-0.39, 0.29) is 5.91 Å². The fourth-order valence-corrected chi connectivity index (χ4v) is 2.66. The van der Waals surface area contributed by atoms with Gasteiger partial charge in [-0.05, 0) is 17.9 Å². The average molecular weight is 285 g/mol. The molecule has 7 heteroatoms. The van der Waals surface area contributed by atoms with E-state index in [1.165, 1.54) is 11.3 Å². The molecule has 2 aromatic heterocycles. The van der Waals surface area contributed by atoms with Gasteiger partial charge in [-0.2, -0.15) is 5.10 Å². The Morgan fingerprint density at radius 2 is 2.39 bits per heavy atom. The Morgan fingerprint density at radius 1 is 1.67 bits per heavy atom. The molecule has 0 atom stereocenters. The van der Waals surface area contributed by atoms with Crippen LogP contribution in [-0.4, -0.2) is 15.7 Å². The van der Waals surface area contributed by atoms with Gasteiger partial charge in [-0.15, -0.1) is 11.3 Å². The molecule has 0 aliphatic carbocycles. The third-order valence-electron chi connectivity index (χ3n) is 2.61. The number of nitrogen functional groups attached to an aromatic ring is 1. The number of nitrogens with zero attached hydrogens (tertiary/aromatic N) is 2. The highest BCUT2D eigenvalue weighted by atomic mass is 35.5. The largest absolute Gasteiger partial charge is 0.384 e. The van der Waals surface area contributed by atoms with Crippen molar-refractivity contribution in [1.29, 1.82) is 0 Å². The van der Waals surface area contributed by atoms with Gasteiger partial charge < -0.3 is 11.1 Å².